The Morgan fingerprint density at radius 2 is 1.96 bits per heavy atom. The van der Waals surface area contributed by atoms with Crippen LogP contribution in [0.25, 0.3) is 10.6 Å². The van der Waals surface area contributed by atoms with E-state index in [0.29, 0.717) is 22.6 Å². The van der Waals surface area contributed by atoms with E-state index in [0.717, 1.165) is 41.3 Å². The van der Waals surface area contributed by atoms with Crippen LogP contribution in [0, 0.1) is 5.92 Å². The lowest BCUT2D eigenvalue weighted by Crippen LogP contribution is -2.27. The predicted molar refractivity (Wildman–Crippen MR) is 112 cm³/mol. The molecule has 0 aliphatic heterocycles. The first-order valence-electron chi connectivity index (χ1n) is 9.19. The normalized spacial score (nSPS) is 19.3. The van der Waals surface area contributed by atoms with Crippen molar-refractivity contribution in [2.24, 2.45) is 11.7 Å². The highest BCUT2D eigenvalue weighted by Crippen LogP contribution is 2.39. The Kier molecular flexibility index (Phi) is 5.54. The number of hydrogen-bond acceptors (Lipinski definition) is 6. The van der Waals surface area contributed by atoms with E-state index in [4.69, 9.17) is 17.3 Å². The van der Waals surface area contributed by atoms with Crippen LogP contribution in [0.4, 0.5) is 11.6 Å². The summed E-state index contributed by atoms with van der Waals surface area (Å²) in [6, 6.07) is 9.29. The number of halogens is 1. The van der Waals surface area contributed by atoms with Crippen molar-refractivity contribution in [1.29, 1.82) is 0 Å². The number of amides is 1. The fourth-order valence-electron chi connectivity index (χ4n) is 3.47. The minimum atomic E-state index is -0.180. The highest BCUT2D eigenvalue weighted by atomic mass is 35.5. The van der Waals surface area contributed by atoms with E-state index in [2.05, 4.69) is 20.3 Å². The molecule has 1 aliphatic carbocycles. The topological polar surface area (TPSA) is 93.8 Å². The van der Waals surface area contributed by atoms with E-state index in [9.17, 15) is 4.79 Å². The zero-order valence-corrected chi connectivity index (χ0v) is 16.7. The van der Waals surface area contributed by atoms with Crippen LogP contribution in [0.2, 0.25) is 5.02 Å². The maximum atomic E-state index is 11.4. The summed E-state index contributed by atoms with van der Waals surface area (Å²) < 4.78 is 0. The van der Waals surface area contributed by atoms with Crippen molar-refractivity contribution >= 4 is 40.5 Å². The third kappa shape index (κ3) is 4.31. The van der Waals surface area contributed by atoms with Crippen LogP contribution < -0.4 is 11.1 Å². The molecule has 6 nitrogen and oxygen atoms in total. The van der Waals surface area contributed by atoms with Gasteiger partial charge >= 0.3 is 0 Å². The van der Waals surface area contributed by atoms with Gasteiger partial charge in [-0.05, 0) is 49.9 Å². The van der Waals surface area contributed by atoms with Gasteiger partial charge < -0.3 is 11.1 Å². The molecule has 1 amide bonds. The molecule has 3 heterocycles. The molecule has 0 radical (unpaired) electrons. The van der Waals surface area contributed by atoms with Crippen molar-refractivity contribution in [3.05, 3.63) is 52.8 Å². The van der Waals surface area contributed by atoms with Gasteiger partial charge in [0.25, 0.3) is 0 Å². The molecule has 0 bridgehead atoms. The second-order valence-electron chi connectivity index (χ2n) is 6.91. The maximum Gasteiger partial charge on any atom is 0.220 e. The lowest BCUT2D eigenvalue weighted by atomic mass is 9.82. The minimum absolute atomic E-state index is 0.0141. The second-order valence-corrected chi connectivity index (χ2v) is 8.40. The molecular weight excluding hydrogens is 394 g/mol. The summed E-state index contributed by atoms with van der Waals surface area (Å²) in [6.45, 7) is 0. The Morgan fingerprint density at radius 1 is 1.14 bits per heavy atom. The van der Waals surface area contributed by atoms with Crippen LogP contribution >= 0.6 is 22.9 Å². The van der Waals surface area contributed by atoms with Crippen molar-refractivity contribution in [3.8, 4) is 10.6 Å². The monoisotopic (exact) mass is 413 g/mol. The minimum Gasteiger partial charge on any atom is -0.369 e. The van der Waals surface area contributed by atoms with Crippen molar-refractivity contribution in [3.63, 3.8) is 0 Å². The van der Waals surface area contributed by atoms with Crippen LogP contribution in [0.3, 0.4) is 0 Å². The van der Waals surface area contributed by atoms with Crippen molar-refractivity contribution in [1.82, 2.24) is 15.0 Å². The molecule has 3 aromatic heterocycles. The number of rotatable bonds is 5. The molecule has 0 saturated heterocycles. The zero-order valence-electron chi connectivity index (χ0n) is 15.1. The van der Waals surface area contributed by atoms with Gasteiger partial charge in [-0.3, -0.25) is 4.79 Å². The highest BCUT2D eigenvalue weighted by Gasteiger charge is 2.27. The molecule has 0 spiro atoms. The van der Waals surface area contributed by atoms with Crippen LogP contribution in [0.15, 0.2) is 42.7 Å². The fourth-order valence-corrected chi connectivity index (χ4v) is 4.68. The molecule has 8 heteroatoms. The van der Waals surface area contributed by atoms with Crippen molar-refractivity contribution in [2.75, 3.05) is 5.32 Å². The quantitative estimate of drug-likeness (QED) is 0.629. The number of nitrogens with one attached hydrogen (secondary N) is 1. The SMILES string of the molecule is NC(=O)C1CCC(c2ncc(-c3cccc(Nc4cc(Cl)ccn4)n3)s2)CC1. The molecular formula is C20H20ClN5OS. The predicted octanol–water partition coefficient (Wildman–Crippen LogP) is 4.76. The largest absolute Gasteiger partial charge is 0.369 e. The molecule has 1 saturated carbocycles. The van der Waals surface area contributed by atoms with Gasteiger partial charge in [0, 0.05) is 29.3 Å². The van der Waals surface area contributed by atoms with Gasteiger partial charge in [-0.2, -0.15) is 0 Å². The van der Waals surface area contributed by atoms with Gasteiger partial charge in [-0.15, -0.1) is 11.3 Å². The summed E-state index contributed by atoms with van der Waals surface area (Å²) in [5.41, 5.74) is 6.29. The van der Waals surface area contributed by atoms with Crippen molar-refractivity contribution in [2.45, 2.75) is 31.6 Å². The second kappa shape index (κ2) is 8.24. The maximum absolute atomic E-state index is 11.4. The number of hydrogen-bond donors (Lipinski definition) is 2. The number of pyridine rings is 2. The first-order chi connectivity index (χ1) is 13.6. The fraction of sp³-hybridized carbons (Fsp3) is 0.300. The van der Waals surface area contributed by atoms with Crippen LogP contribution in [0.5, 0.6) is 0 Å². The summed E-state index contributed by atoms with van der Waals surface area (Å²) in [5, 5.41) is 4.90. The van der Waals surface area contributed by atoms with Gasteiger partial charge in [-0.1, -0.05) is 17.7 Å². The van der Waals surface area contributed by atoms with E-state index in [-0.39, 0.29) is 11.8 Å². The summed E-state index contributed by atoms with van der Waals surface area (Å²) in [6.07, 6.45) is 7.13. The molecule has 1 fully saturated rings. The van der Waals surface area contributed by atoms with Gasteiger partial charge in [0.05, 0.1) is 15.6 Å². The zero-order chi connectivity index (χ0) is 19.5. The molecule has 0 aromatic carbocycles. The Morgan fingerprint density at radius 3 is 2.71 bits per heavy atom. The van der Waals surface area contributed by atoms with Gasteiger partial charge in [0.15, 0.2) is 0 Å². The van der Waals surface area contributed by atoms with Crippen LogP contribution in [-0.4, -0.2) is 20.9 Å². The number of nitrogens with two attached hydrogens (primary N) is 1. The van der Waals surface area contributed by atoms with Crippen molar-refractivity contribution < 1.29 is 4.79 Å². The number of primary amides is 1. The van der Waals surface area contributed by atoms with Gasteiger partial charge in [-0.25, -0.2) is 15.0 Å². The third-order valence-electron chi connectivity index (χ3n) is 4.98. The summed E-state index contributed by atoms with van der Waals surface area (Å²) >= 11 is 7.67. The lowest BCUT2D eigenvalue weighted by molar-refractivity contribution is -0.122. The summed E-state index contributed by atoms with van der Waals surface area (Å²) in [5.74, 6) is 1.57. The summed E-state index contributed by atoms with van der Waals surface area (Å²) in [7, 11) is 0. The Hall–Kier alpha value is -2.51. The molecule has 1 aliphatic rings. The van der Waals surface area contributed by atoms with Crippen LogP contribution in [0.1, 0.15) is 36.6 Å². The first kappa shape index (κ1) is 18.8. The molecule has 0 atom stereocenters. The van der Waals surface area contributed by atoms with Crippen LogP contribution in [-0.2, 0) is 4.79 Å². The first-order valence-corrected chi connectivity index (χ1v) is 10.4. The molecule has 144 valence electrons. The lowest BCUT2D eigenvalue weighted by Gasteiger charge is -2.24. The average molecular weight is 414 g/mol. The van der Waals surface area contributed by atoms with E-state index in [1.54, 1.807) is 29.7 Å². The molecule has 0 unspecified atom stereocenters. The number of anilines is 2. The van der Waals surface area contributed by atoms with E-state index in [1.165, 1.54) is 0 Å². The van der Waals surface area contributed by atoms with Gasteiger partial charge in [0.1, 0.15) is 11.6 Å². The Bertz CT molecular complexity index is 984. The molecule has 4 rings (SSSR count). The molecule has 3 N–H and O–H groups in total. The third-order valence-corrected chi connectivity index (χ3v) is 6.40. The molecule has 3 aromatic rings. The number of nitrogens with zero attached hydrogens (tertiary/aromatic N) is 3. The number of thiazole rings is 1. The standard InChI is InChI=1S/C20H20ClN5OS/c21-14-8-9-23-18(10-14)26-17-3-1-2-15(25-17)16-11-24-20(28-16)13-6-4-12(5-7-13)19(22)27/h1-3,8-13H,4-7H2,(H2,22,27)(H,23,25,26). The summed E-state index contributed by atoms with van der Waals surface area (Å²) in [4.78, 5) is 25.9. The number of carbonyl (C=O) groups is 1. The average Bonchev–Trinajstić information content (AvgIpc) is 3.19. The van der Waals surface area contributed by atoms with Gasteiger partial charge in [0.2, 0.25) is 5.91 Å². The smallest absolute Gasteiger partial charge is 0.220 e. The van der Waals surface area contributed by atoms with E-state index < -0.39 is 0 Å². The van der Waals surface area contributed by atoms with E-state index in [1.807, 2.05) is 24.4 Å². The number of carbonyl (C=O) groups excluding carboxylic acids is 1. The Balaban J connectivity index is 1.47. The Labute approximate surface area is 172 Å². The number of aromatic nitrogens is 3. The molecule has 28 heavy (non-hydrogen) atoms. The highest BCUT2D eigenvalue weighted by molar-refractivity contribution is 7.15. The van der Waals surface area contributed by atoms with E-state index >= 15 is 0 Å².